The van der Waals surface area contributed by atoms with Crippen molar-refractivity contribution >= 4 is 17.8 Å². The maximum absolute atomic E-state index is 11.8. The lowest BCUT2D eigenvalue weighted by Gasteiger charge is -2.15. The lowest BCUT2D eigenvalue weighted by atomic mass is 10.4. The Bertz CT molecular complexity index is 407. The number of carbonyl (C=O) groups excluding carboxylic acids is 2. The van der Waals surface area contributed by atoms with Gasteiger partial charge in [-0.15, -0.1) is 0 Å². The SMILES string of the molecule is CC(=O)ON1CCN(c2ccccn2)C1=O. The minimum absolute atomic E-state index is 0.356. The minimum Gasteiger partial charge on any atom is -0.337 e. The van der Waals surface area contributed by atoms with Gasteiger partial charge in [0.1, 0.15) is 5.82 Å². The molecule has 1 aromatic rings. The van der Waals surface area contributed by atoms with Crippen molar-refractivity contribution in [2.75, 3.05) is 18.0 Å². The first-order chi connectivity index (χ1) is 7.68. The smallest absolute Gasteiger partial charge is 0.337 e. The van der Waals surface area contributed by atoms with Crippen molar-refractivity contribution < 1.29 is 14.4 Å². The van der Waals surface area contributed by atoms with Crippen LogP contribution in [0.25, 0.3) is 0 Å². The fourth-order valence-corrected chi connectivity index (χ4v) is 1.48. The van der Waals surface area contributed by atoms with E-state index in [4.69, 9.17) is 4.84 Å². The molecule has 6 nitrogen and oxygen atoms in total. The highest BCUT2D eigenvalue weighted by atomic mass is 16.7. The summed E-state index contributed by atoms with van der Waals surface area (Å²) in [6, 6.07) is 4.93. The molecule has 16 heavy (non-hydrogen) atoms. The molecule has 2 rings (SSSR count). The predicted molar refractivity (Wildman–Crippen MR) is 55.5 cm³/mol. The van der Waals surface area contributed by atoms with Crippen LogP contribution in [0.4, 0.5) is 10.6 Å². The van der Waals surface area contributed by atoms with Crippen molar-refractivity contribution in [2.45, 2.75) is 6.92 Å². The molecular formula is C10H11N3O3. The fourth-order valence-electron chi connectivity index (χ4n) is 1.48. The molecule has 0 radical (unpaired) electrons. The van der Waals surface area contributed by atoms with Crippen LogP contribution in [-0.4, -0.2) is 35.1 Å². The van der Waals surface area contributed by atoms with Gasteiger partial charge in [0, 0.05) is 13.1 Å². The van der Waals surface area contributed by atoms with Gasteiger partial charge in [-0.1, -0.05) is 6.07 Å². The summed E-state index contributed by atoms with van der Waals surface area (Å²) in [6.07, 6.45) is 1.61. The van der Waals surface area contributed by atoms with Gasteiger partial charge < -0.3 is 4.84 Å². The fraction of sp³-hybridized carbons (Fsp3) is 0.300. The Labute approximate surface area is 92.4 Å². The number of nitrogens with zero attached hydrogens (tertiary/aromatic N) is 3. The molecule has 0 unspecified atom stereocenters. The molecule has 2 heterocycles. The van der Waals surface area contributed by atoms with Gasteiger partial charge >= 0.3 is 12.0 Å². The maximum atomic E-state index is 11.8. The summed E-state index contributed by atoms with van der Waals surface area (Å²) in [7, 11) is 0. The van der Waals surface area contributed by atoms with Crippen LogP contribution in [0.1, 0.15) is 6.92 Å². The van der Waals surface area contributed by atoms with Crippen molar-refractivity contribution in [1.29, 1.82) is 0 Å². The number of hydroxylamine groups is 2. The zero-order valence-corrected chi connectivity index (χ0v) is 8.79. The Morgan fingerprint density at radius 3 is 2.88 bits per heavy atom. The standard InChI is InChI=1S/C10H11N3O3/c1-8(14)16-13-7-6-12(10(13)15)9-4-2-3-5-11-9/h2-5H,6-7H2,1H3. The molecule has 0 atom stereocenters. The van der Waals surface area contributed by atoms with Crippen molar-refractivity contribution in [3.8, 4) is 0 Å². The van der Waals surface area contributed by atoms with Crippen LogP contribution in [0.15, 0.2) is 24.4 Å². The van der Waals surface area contributed by atoms with E-state index in [0.29, 0.717) is 18.9 Å². The van der Waals surface area contributed by atoms with Crippen molar-refractivity contribution in [3.05, 3.63) is 24.4 Å². The number of urea groups is 1. The monoisotopic (exact) mass is 221 g/mol. The molecule has 0 aliphatic carbocycles. The molecule has 0 spiro atoms. The van der Waals surface area contributed by atoms with Crippen LogP contribution in [-0.2, 0) is 9.63 Å². The number of amides is 2. The first-order valence-corrected chi connectivity index (χ1v) is 4.87. The Hall–Kier alpha value is -2.11. The Kier molecular flexibility index (Phi) is 2.72. The molecule has 1 aliphatic rings. The second-order valence-electron chi connectivity index (χ2n) is 3.31. The number of aromatic nitrogens is 1. The molecule has 1 aliphatic heterocycles. The highest BCUT2D eigenvalue weighted by molar-refractivity contribution is 5.93. The maximum Gasteiger partial charge on any atom is 0.359 e. The van der Waals surface area contributed by atoms with E-state index >= 15 is 0 Å². The van der Waals surface area contributed by atoms with Gasteiger partial charge in [0.25, 0.3) is 0 Å². The normalized spacial score (nSPS) is 15.4. The lowest BCUT2D eigenvalue weighted by molar-refractivity contribution is -0.170. The van der Waals surface area contributed by atoms with E-state index in [1.165, 1.54) is 11.8 Å². The number of pyridine rings is 1. The van der Waals surface area contributed by atoms with E-state index in [9.17, 15) is 9.59 Å². The number of carbonyl (C=O) groups is 2. The van der Waals surface area contributed by atoms with Gasteiger partial charge in [0.2, 0.25) is 0 Å². The van der Waals surface area contributed by atoms with Crippen LogP contribution in [0.3, 0.4) is 0 Å². The summed E-state index contributed by atoms with van der Waals surface area (Å²) < 4.78 is 0. The molecule has 0 aromatic carbocycles. The third-order valence-corrected chi connectivity index (χ3v) is 2.14. The van der Waals surface area contributed by atoms with Gasteiger partial charge in [-0.2, -0.15) is 5.06 Å². The number of rotatable bonds is 2. The molecule has 84 valence electrons. The molecule has 0 N–H and O–H groups in total. The first kappa shape index (κ1) is 10.4. The van der Waals surface area contributed by atoms with Crippen molar-refractivity contribution in [2.24, 2.45) is 0 Å². The Morgan fingerprint density at radius 1 is 1.44 bits per heavy atom. The number of hydrogen-bond acceptors (Lipinski definition) is 4. The van der Waals surface area contributed by atoms with E-state index < -0.39 is 5.97 Å². The van der Waals surface area contributed by atoms with Gasteiger partial charge in [0.05, 0.1) is 13.1 Å². The van der Waals surface area contributed by atoms with Crippen LogP contribution in [0.2, 0.25) is 0 Å². The van der Waals surface area contributed by atoms with E-state index in [0.717, 1.165) is 5.06 Å². The molecule has 1 fully saturated rings. The predicted octanol–water partition coefficient (Wildman–Crippen LogP) is 0.802. The Balaban J connectivity index is 2.11. The van der Waals surface area contributed by atoms with Gasteiger partial charge in [-0.05, 0) is 12.1 Å². The summed E-state index contributed by atoms with van der Waals surface area (Å²) in [5, 5.41) is 1.04. The van der Waals surface area contributed by atoms with Crippen molar-refractivity contribution in [3.63, 3.8) is 0 Å². The van der Waals surface area contributed by atoms with E-state index in [2.05, 4.69) is 4.98 Å². The zero-order chi connectivity index (χ0) is 11.5. The molecule has 6 heteroatoms. The number of anilines is 1. The van der Waals surface area contributed by atoms with E-state index in [-0.39, 0.29) is 6.03 Å². The van der Waals surface area contributed by atoms with Gasteiger partial charge in [-0.3, -0.25) is 9.69 Å². The summed E-state index contributed by atoms with van der Waals surface area (Å²) in [5.74, 6) is 0.0540. The third kappa shape index (κ3) is 1.95. The minimum atomic E-state index is -0.503. The summed E-state index contributed by atoms with van der Waals surface area (Å²) >= 11 is 0. The van der Waals surface area contributed by atoms with Crippen LogP contribution >= 0.6 is 0 Å². The third-order valence-electron chi connectivity index (χ3n) is 2.14. The largest absolute Gasteiger partial charge is 0.359 e. The number of hydrogen-bond donors (Lipinski definition) is 0. The summed E-state index contributed by atoms with van der Waals surface area (Å²) in [6.45, 7) is 2.08. The van der Waals surface area contributed by atoms with Crippen molar-refractivity contribution in [1.82, 2.24) is 10.0 Å². The van der Waals surface area contributed by atoms with E-state index in [1.54, 1.807) is 24.4 Å². The van der Waals surface area contributed by atoms with Crippen LogP contribution in [0.5, 0.6) is 0 Å². The molecule has 0 bridgehead atoms. The molecule has 2 amide bonds. The second kappa shape index (κ2) is 4.18. The zero-order valence-electron chi connectivity index (χ0n) is 8.79. The van der Waals surface area contributed by atoms with Crippen LogP contribution in [0, 0.1) is 0 Å². The second-order valence-corrected chi connectivity index (χ2v) is 3.31. The lowest BCUT2D eigenvalue weighted by Crippen LogP contribution is -2.33. The Morgan fingerprint density at radius 2 is 2.25 bits per heavy atom. The van der Waals surface area contributed by atoms with Crippen LogP contribution < -0.4 is 4.90 Å². The molecular weight excluding hydrogens is 210 g/mol. The molecule has 0 saturated carbocycles. The average molecular weight is 221 g/mol. The molecule has 1 saturated heterocycles. The molecule has 1 aromatic heterocycles. The first-order valence-electron chi connectivity index (χ1n) is 4.87. The van der Waals surface area contributed by atoms with Gasteiger partial charge in [-0.25, -0.2) is 9.78 Å². The highest BCUT2D eigenvalue weighted by Crippen LogP contribution is 2.17. The summed E-state index contributed by atoms with van der Waals surface area (Å²) in [4.78, 5) is 32.8. The van der Waals surface area contributed by atoms with E-state index in [1.807, 2.05) is 0 Å². The average Bonchev–Trinajstić information content (AvgIpc) is 2.61. The topological polar surface area (TPSA) is 62.7 Å². The van der Waals surface area contributed by atoms with Gasteiger partial charge in [0.15, 0.2) is 0 Å². The highest BCUT2D eigenvalue weighted by Gasteiger charge is 2.32. The quantitative estimate of drug-likeness (QED) is 0.741. The summed E-state index contributed by atoms with van der Waals surface area (Å²) in [5.41, 5.74) is 0.